The molecule has 0 aliphatic heterocycles. The minimum atomic E-state index is -0.612. The van der Waals surface area contributed by atoms with Crippen LogP contribution in [-0.4, -0.2) is 16.0 Å². The number of rotatable bonds is 6. The number of pyridine rings is 1. The lowest BCUT2D eigenvalue weighted by Gasteiger charge is -2.08. The van der Waals surface area contributed by atoms with Crippen LogP contribution in [0.15, 0.2) is 30.3 Å². The summed E-state index contributed by atoms with van der Waals surface area (Å²) in [6.07, 6.45) is 3.33. The zero-order valence-corrected chi connectivity index (χ0v) is 13.9. The van der Waals surface area contributed by atoms with Crippen molar-refractivity contribution in [3.8, 4) is 5.75 Å². The van der Waals surface area contributed by atoms with Crippen molar-refractivity contribution >= 4 is 24.1 Å². The Morgan fingerprint density at radius 1 is 1.22 bits per heavy atom. The highest BCUT2D eigenvalue weighted by molar-refractivity contribution is 5.95. The molecule has 124 valence electrons. The molecule has 0 aliphatic carbocycles. The van der Waals surface area contributed by atoms with E-state index in [2.05, 4.69) is 4.98 Å². The fourth-order valence-corrected chi connectivity index (χ4v) is 2.51. The summed E-state index contributed by atoms with van der Waals surface area (Å²) in [5.74, 6) is -0.0754. The van der Waals surface area contributed by atoms with Crippen LogP contribution in [0, 0.1) is 6.92 Å². The van der Waals surface area contributed by atoms with Crippen LogP contribution in [0.4, 0.5) is 5.82 Å². The van der Waals surface area contributed by atoms with E-state index in [4.69, 9.17) is 11.5 Å². The SMILES string of the molecule is Cc1cc(N)nc(CCCCc2cccc(C(N)=O)c2O)c1.Cl. The van der Waals surface area contributed by atoms with Crippen LogP contribution in [0.1, 0.15) is 40.0 Å². The van der Waals surface area contributed by atoms with Gasteiger partial charge >= 0.3 is 0 Å². The summed E-state index contributed by atoms with van der Waals surface area (Å²) in [4.78, 5) is 15.5. The molecule has 6 heteroatoms. The standard InChI is InChI=1S/C17H21N3O2.ClH/c1-11-9-13(20-15(18)10-11)7-3-2-5-12-6-4-8-14(16(12)21)17(19)22;/h4,6,8-10,21H,2-3,5,7H2,1H3,(H2,18,20)(H2,19,22);1H. The van der Waals surface area contributed by atoms with Crippen molar-refractivity contribution < 1.29 is 9.90 Å². The van der Waals surface area contributed by atoms with E-state index in [1.165, 1.54) is 6.07 Å². The highest BCUT2D eigenvalue weighted by Crippen LogP contribution is 2.24. The van der Waals surface area contributed by atoms with Gasteiger partial charge in [-0.1, -0.05) is 12.1 Å². The Hall–Kier alpha value is -2.27. The summed E-state index contributed by atoms with van der Waals surface area (Å²) in [7, 11) is 0. The number of nitrogens with two attached hydrogens (primary N) is 2. The monoisotopic (exact) mass is 335 g/mol. The van der Waals surface area contributed by atoms with Crippen molar-refractivity contribution in [1.82, 2.24) is 4.98 Å². The molecule has 5 N–H and O–H groups in total. The number of carbonyl (C=O) groups excluding carboxylic acids is 1. The molecule has 0 saturated heterocycles. The number of hydrogen-bond acceptors (Lipinski definition) is 4. The number of aryl methyl sites for hydroxylation is 3. The molecule has 1 aromatic carbocycles. The highest BCUT2D eigenvalue weighted by atomic mass is 35.5. The minimum absolute atomic E-state index is 0. The van der Waals surface area contributed by atoms with E-state index in [-0.39, 0.29) is 23.7 Å². The maximum Gasteiger partial charge on any atom is 0.252 e. The number of carbonyl (C=O) groups is 1. The Kier molecular flexibility index (Phi) is 6.85. The van der Waals surface area contributed by atoms with Gasteiger partial charge in [0.25, 0.3) is 5.91 Å². The Balaban J connectivity index is 0.00000264. The van der Waals surface area contributed by atoms with Crippen molar-refractivity contribution in [1.29, 1.82) is 0 Å². The Bertz CT molecular complexity index is 669. The van der Waals surface area contributed by atoms with Crippen molar-refractivity contribution in [3.05, 3.63) is 52.7 Å². The van der Waals surface area contributed by atoms with Crippen LogP contribution in [0.2, 0.25) is 0 Å². The van der Waals surface area contributed by atoms with Crippen LogP contribution >= 0.6 is 12.4 Å². The molecule has 0 unspecified atom stereocenters. The van der Waals surface area contributed by atoms with Crippen molar-refractivity contribution in [2.24, 2.45) is 5.73 Å². The Labute approximate surface area is 142 Å². The van der Waals surface area contributed by atoms with Gasteiger partial charge in [-0.3, -0.25) is 4.79 Å². The first kappa shape index (κ1) is 18.8. The van der Waals surface area contributed by atoms with E-state index in [0.717, 1.165) is 36.1 Å². The van der Waals surface area contributed by atoms with Gasteiger partial charge in [0.15, 0.2) is 0 Å². The molecule has 0 saturated carbocycles. The van der Waals surface area contributed by atoms with E-state index in [0.29, 0.717) is 12.2 Å². The van der Waals surface area contributed by atoms with Gasteiger partial charge in [0.2, 0.25) is 0 Å². The third-order valence-corrected chi connectivity index (χ3v) is 3.56. The van der Waals surface area contributed by atoms with Gasteiger partial charge in [0.1, 0.15) is 11.6 Å². The maximum absolute atomic E-state index is 11.2. The maximum atomic E-state index is 11.2. The fraction of sp³-hybridized carbons (Fsp3) is 0.294. The van der Waals surface area contributed by atoms with Gasteiger partial charge in [-0.2, -0.15) is 0 Å². The van der Waals surface area contributed by atoms with E-state index < -0.39 is 5.91 Å². The molecule has 2 aromatic rings. The quantitative estimate of drug-likeness (QED) is 0.706. The minimum Gasteiger partial charge on any atom is -0.507 e. The average molecular weight is 336 g/mol. The smallest absolute Gasteiger partial charge is 0.252 e. The number of phenols is 1. The number of benzene rings is 1. The molecule has 0 aliphatic rings. The molecule has 5 nitrogen and oxygen atoms in total. The number of aromatic hydroxyl groups is 1. The Morgan fingerprint density at radius 3 is 2.57 bits per heavy atom. The van der Waals surface area contributed by atoms with Gasteiger partial charge in [-0.25, -0.2) is 4.98 Å². The molecule has 0 atom stereocenters. The molecule has 0 bridgehead atoms. The van der Waals surface area contributed by atoms with Crippen LogP contribution in [0.5, 0.6) is 5.75 Å². The zero-order chi connectivity index (χ0) is 16.1. The lowest BCUT2D eigenvalue weighted by atomic mass is 10.0. The van der Waals surface area contributed by atoms with Crippen LogP contribution < -0.4 is 11.5 Å². The van der Waals surface area contributed by atoms with Gasteiger partial charge in [0, 0.05) is 5.69 Å². The van der Waals surface area contributed by atoms with Crippen molar-refractivity contribution in [2.45, 2.75) is 32.6 Å². The molecular formula is C17H22ClN3O2. The summed E-state index contributed by atoms with van der Waals surface area (Å²) >= 11 is 0. The predicted molar refractivity (Wildman–Crippen MR) is 93.9 cm³/mol. The zero-order valence-electron chi connectivity index (χ0n) is 13.1. The number of primary amides is 1. The topological polar surface area (TPSA) is 102 Å². The summed E-state index contributed by atoms with van der Waals surface area (Å²) in [6, 6.07) is 8.95. The van der Waals surface area contributed by atoms with Gasteiger partial charge in [-0.15, -0.1) is 12.4 Å². The number of para-hydroxylation sites is 1. The summed E-state index contributed by atoms with van der Waals surface area (Å²) < 4.78 is 0. The summed E-state index contributed by atoms with van der Waals surface area (Å²) in [6.45, 7) is 1.99. The van der Waals surface area contributed by atoms with Crippen LogP contribution in [0.25, 0.3) is 0 Å². The number of unbranched alkanes of at least 4 members (excludes halogenated alkanes) is 1. The number of nitrogens with zero attached hydrogens (tertiary/aromatic N) is 1. The second-order valence-electron chi connectivity index (χ2n) is 5.45. The van der Waals surface area contributed by atoms with E-state index in [1.54, 1.807) is 6.07 Å². The number of anilines is 1. The molecular weight excluding hydrogens is 314 g/mol. The number of hydrogen-bond donors (Lipinski definition) is 3. The van der Waals surface area contributed by atoms with E-state index >= 15 is 0 Å². The Morgan fingerprint density at radius 2 is 1.91 bits per heavy atom. The normalized spacial score (nSPS) is 10.1. The van der Waals surface area contributed by atoms with Gasteiger partial charge < -0.3 is 16.6 Å². The van der Waals surface area contributed by atoms with Crippen molar-refractivity contribution in [2.75, 3.05) is 5.73 Å². The first-order chi connectivity index (χ1) is 10.5. The molecule has 0 radical (unpaired) electrons. The molecule has 1 aromatic heterocycles. The largest absolute Gasteiger partial charge is 0.507 e. The van der Waals surface area contributed by atoms with E-state index in [1.807, 2.05) is 25.1 Å². The van der Waals surface area contributed by atoms with Crippen molar-refractivity contribution in [3.63, 3.8) is 0 Å². The van der Waals surface area contributed by atoms with Gasteiger partial charge in [0.05, 0.1) is 5.56 Å². The third kappa shape index (κ3) is 5.14. The highest BCUT2D eigenvalue weighted by Gasteiger charge is 2.10. The molecule has 1 amide bonds. The second kappa shape index (κ2) is 8.39. The molecule has 0 spiro atoms. The molecule has 0 fully saturated rings. The van der Waals surface area contributed by atoms with E-state index in [9.17, 15) is 9.90 Å². The summed E-state index contributed by atoms with van der Waals surface area (Å²) in [5.41, 5.74) is 14.0. The second-order valence-corrected chi connectivity index (χ2v) is 5.45. The lowest BCUT2D eigenvalue weighted by molar-refractivity contribution is 0.0997. The fourth-order valence-electron chi connectivity index (χ4n) is 2.51. The first-order valence-electron chi connectivity index (χ1n) is 7.31. The van der Waals surface area contributed by atoms with Crippen LogP contribution in [-0.2, 0) is 12.8 Å². The third-order valence-electron chi connectivity index (χ3n) is 3.56. The molecule has 2 rings (SSSR count). The number of aromatic nitrogens is 1. The molecule has 23 heavy (non-hydrogen) atoms. The average Bonchev–Trinajstić information content (AvgIpc) is 2.43. The summed E-state index contributed by atoms with van der Waals surface area (Å²) in [5, 5.41) is 10.0. The lowest BCUT2D eigenvalue weighted by Crippen LogP contribution is -2.11. The predicted octanol–water partition coefficient (Wildman–Crippen LogP) is 2.76. The number of amides is 1. The number of nitrogen functional groups attached to an aromatic ring is 1. The first-order valence-corrected chi connectivity index (χ1v) is 7.31. The van der Waals surface area contributed by atoms with Crippen LogP contribution in [0.3, 0.4) is 0 Å². The van der Waals surface area contributed by atoms with Gasteiger partial charge in [-0.05, 0) is 61.9 Å². The number of halogens is 1. The molecule has 1 heterocycles.